The second kappa shape index (κ2) is 10.9. The van der Waals surface area contributed by atoms with Gasteiger partial charge in [-0.2, -0.15) is 0 Å². The third kappa shape index (κ3) is 6.49. The second-order valence-electron chi connectivity index (χ2n) is 7.77. The van der Waals surface area contributed by atoms with Gasteiger partial charge in [-0.05, 0) is 68.2 Å². The minimum atomic E-state index is -0.781. The summed E-state index contributed by atoms with van der Waals surface area (Å²) in [5, 5.41) is 40.1. The maximum atomic E-state index is 10.6. The Morgan fingerprint density at radius 1 is 1.24 bits per heavy atom. The van der Waals surface area contributed by atoms with Crippen LogP contribution in [-0.2, 0) is 11.3 Å². The van der Waals surface area contributed by atoms with Crippen LogP contribution in [0.25, 0.3) is 0 Å². The Kier molecular flexibility index (Phi) is 8.51. The van der Waals surface area contributed by atoms with Gasteiger partial charge in [-0.1, -0.05) is 31.1 Å². The molecule has 0 aliphatic heterocycles. The summed E-state index contributed by atoms with van der Waals surface area (Å²) in [6, 6.07) is 3.39. The zero-order valence-electron chi connectivity index (χ0n) is 17.0. The summed E-state index contributed by atoms with van der Waals surface area (Å²) in [5.74, 6) is 0.0190. The van der Waals surface area contributed by atoms with Crippen LogP contribution in [0.5, 0.6) is 11.5 Å². The fourth-order valence-corrected chi connectivity index (χ4v) is 4.03. The van der Waals surface area contributed by atoms with Crippen LogP contribution in [0.4, 0.5) is 0 Å². The van der Waals surface area contributed by atoms with Crippen molar-refractivity contribution < 1.29 is 25.2 Å². The lowest BCUT2D eigenvalue weighted by Gasteiger charge is -2.31. The number of phenols is 2. The van der Waals surface area contributed by atoms with Crippen LogP contribution in [0.15, 0.2) is 35.9 Å². The van der Waals surface area contributed by atoms with Crippen molar-refractivity contribution in [1.82, 2.24) is 0 Å². The maximum Gasteiger partial charge on any atom is 0.294 e. The minimum absolute atomic E-state index is 0.0221. The van der Waals surface area contributed by atoms with Crippen LogP contribution < -0.4 is 0 Å². The van der Waals surface area contributed by atoms with Gasteiger partial charge >= 0.3 is 0 Å². The molecule has 0 fully saturated rings. The summed E-state index contributed by atoms with van der Waals surface area (Å²) in [4.78, 5) is 14.4. The number of phenolic OH excluding ortho intramolecular Hbond substituents is 2. The first-order valence-electron chi connectivity index (χ1n) is 10.1. The molecule has 0 saturated heterocycles. The van der Waals surface area contributed by atoms with E-state index in [2.05, 4.69) is 11.4 Å². The molecule has 0 radical (unpaired) electrons. The number of aryl methyl sites for hydroxylation is 1. The fraction of sp³-hybridized carbons (Fsp3) is 0.545. The van der Waals surface area contributed by atoms with E-state index in [0.717, 1.165) is 48.8 Å². The van der Waals surface area contributed by atoms with E-state index in [-0.39, 0.29) is 36.5 Å². The first kappa shape index (κ1) is 22.7. The maximum absolute atomic E-state index is 10.6. The zero-order chi connectivity index (χ0) is 21.4. The Hall–Kier alpha value is -2.54. The molecule has 0 bridgehead atoms. The summed E-state index contributed by atoms with van der Waals surface area (Å²) >= 11 is 0. The average Bonchev–Trinajstić information content (AvgIpc) is 2.66. The fourth-order valence-electron chi connectivity index (χ4n) is 4.03. The molecule has 2 rings (SSSR count). The first-order chi connectivity index (χ1) is 13.8. The molecule has 2 atom stereocenters. The molecule has 0 spiro atoms. The number of benzene rings is 1. The van der Waals surface area contributed by atoms with Crippen molar-refractivity contribution in [3.63, 3.8) is 0 Å². The van der Waals surface area contributed by atoms with E-state index >= 15 is 0 Å². The van der Waals surface area contributed by atoms with Crippen molar-refractivity contribution in [3.05, 3.63) is 57.2 Å². The largest absolute Gasteiger partial charge is 0.507 e. The van der Waals surface area contributed by atoms with E-state index < -0.39 is 5.09 Å². The number of unbranched alkanes of at least 4 members (excludes halogenated alkanes) is 3. The third-order valence-corrected chi connectivity index (χ3v) is 5.55. The molecule has 29 heavy (non-hydrogen) atoms. The van der Waals surface area contributed by atoms with E-state index in [4.69, 9.17) is 0 Å². The van der Waals surface area contributed by atoms with Crippen molar-refractivity contribution in [2.75, 3.05) is 13.2 Å². The summed E-state index contributed by atoms with van der Waals surface area (Å²) in [7, 11) is 0. The monoisotopic (exact) mass is 405 g/mol. The van der Waals surface area contributed by atoms with Gasteiger partial charge in [0.15, 0.2) is 0 Å². The molecule has 1 aliphatic carbocycles. The van der Waals surface area contributed by atoms with Crippen molar-refractivity contribution in [2.45, 2.75) is 57.8 Å². The third-order valence-electron chi connectivity index (χ3n) is 5.55. The van der Waals surface area contributed by atoms with Crippen LogP contribution >= 0.6 is 0 Å². The van der Waals surface area contributed by atoms with Gasteiger partial charge in [0.2, 0.25) is 0 Å². The van der Waals surface area contributed by atoms with E-state index in [9.17, 15) is 25.4 Å². The number of hydrogen-bond acceptors (Lipinski definition) is 6. The first-order valence-corrected chi connectivity index (χ1v) is 10.1. The van der Waals surface area contributed by atoms with Crippen LogP contribution in [-0.4, -0.2) is 33.6 Å². The van der Waals surface area contributed by atoms with E-state index in [1.165, 1.54) is 0 Å². The molecule has 3 N–H and O–H groups in total. The van der Waals surface area contributed by atoms with Crippen LogP contribution in [0, 0.1) is 16.0 Å². The predicted octanol–water partition coefficient (Wildman–Crippen LogP) is 4.40. The topological polar surface area (TPSA) is 113 Å². The highest BCUT2D eigenvalue weighted by molar-refractivity contribution is 5.52. The SMILES string of the molecule is C=C(C)[C@H]1CCC(CO)=C[C@@H]1c1c(O)cc(CCCCCCO[N+](=O)[O-])cc1O. The Bertz CT molecular complexity index is 735. The van der Waals surface area contributed by atoms with Crippen molar-refractivity contribution in [3.8, 4) is 11.5 Å². The lowest BCUT2D eigenvalue weighted by molar-refractivity contribution is -0.757. The molecule has 1 aromatic carbocycles. The summed E-state index contributed by atoms with van der Waals surface area (Å²) in [6.45, 7) is 6.10. The minimum Gasteiger partial charge on any atom is -0.507 e. The van der Waals surface area contributed by atoms with Crippen LogP contribution in [0.3, 0.4) is 0 Å². The highest BCUT2D eigenvalue weighted by Crippen LogP contribution is 2.46. The lowest BCUT2D eigenvalue weighted by atomic mass is 9.73. The van der Waals surface area contributed by atoms with Gasteiger partial charge < -0.3 is 20.2 Å². The van der Waals surface area contributed by atoms with Gasteiger partial charge in [-0.3, -0.25) is 0 Å². The molecular weight excluding hydrogens is 374 g/mol. The molecule has 0 amide bonds. The number of allylic oxidation sites excluding steroid dienone is 2. The quantitative estimate of drug-likeness (QED) is 0.218. The van der Waals surface area contributed by atoms with E-state index in [1.54, 1.807) is 12.1 Å². The predicted molar refractivity (Wildman–Crippen MR) is 110 cm³/mol. The highest BCUT2D eigenvalue weighted by Gasteiger charge is 2.30. The average molecular weight is 405 g/mol. The Labute approximate surface area is 171 Å². The van der Waals surface area contributed by atoms with Gasteiger partial charge in [0.25, 0.3) is 5.09 Å². The summed E-state index contributed by atoms with van der Waals surface area (Å²) < 4.78 is 0. The number of nitrogens with zero attached hydrogens (tertiary/aromatic N) is 1. The van der Waals surface area contributed by atoms with Gasteiger partial charge in [-0.25, -0.2) is 0 Å². The highest BCUT2D eigenvalue weighted by atomic mass is 16.9. The number of aliphatic hydroxyl groups excluding tert-OH is 1. The van der Waals surface area contributed by atoms with Crippen LogP contribution in [0.2, 0.25) is 0 Å². The lowest BCUT2D eigenvalue weighted by Crippen LogP contribution is -2.18. The molecule has 160 valence electrons. The van der Waals surface area contributed by atoms with Gasteiger partial charge in [0.1, 0.15) is 11.5 Å². The number of hydrogen-bond donors (Lipinski definition) is 3. The van der Waals surface area contributed by atoms with E-state index in [0.29, 0.717) is 18.4 Å². The molecular formula is C22H31NO6. The molecule has 0 heterocycles. The Balaban J connectivity index is 2.03. The van der Waals surface area contributed by atoms with Gasteiger partial charge in [0.05, 0.1) is 13.2 Å². The summed E-state index contributed by atoms with van der Waals surface area (Å²) in [5.41, 5.74) is 3.24. The van der Waals surface area contributed by atoms with Crippen molar-refractivity contribution in [1.29, 1.82) is 0 Å². The standard InChI is InChI=1S/C22H31NO6/c1-15(2)18-9-8-17(14-24)11-19(18)22-20(25)12-16(13-21(22)26)7-5-3-4-6-10-29-23(27)28/h11-13,18-19,24-26H,1,3-10,14H2,2H3/t18-,19+/m1/s1. The van der Waals surface area contributed by atoms with Gasteiger partial charge in [-0.15, -0.1) is 10.1 Å². The molecule has 1 aliphatic rings. The normalized spacial score (nSPS) is 18.9. The summed E-state index contributed by atoms with van der Waals surface area (Å²) in [6.07, 6.45) is 7.44. The molecule has 7 nitrogen and oxygen atoms in total. The second-order valence-corrected chi connectivity index (χ2v) is 7.77. The number of aliphatic hydroxyl groups is 1. The molecule has 0 unspecified atom stereocenters. The Morgan fingerprint density at radius 3 is 2.48 bits per heavy atom. The molecule has 0 saturated carbocycles. The van der Waals surface area contributed by atoms with Gasteiger partial charge in [0, 0.05) is 11.5 Å². The molecule has 0 aromatic heterocycles. The Morgan fingerprint density at radius 2 is 1.90 bits per heavy atom. The number of aromatic hydroxyl groups is 2. The van der Waals surface area contributed by atoms with Crippen molar-refractivity contribution >= 4 is 0 Å². The van der Waals surface area contributed by atoms with Crippen molar-refractivity contribution in [2.24, 2.45) is 5.92 Å². The molecule has 1 aromatic rings. The zero-order valence-corrected chi connectivity index (χ0v) is 17.0. The smallest absolute Gasteiger partial charge is 0.294 e. The number of rotatable bonds is 11. The van der Waals surface area contributed by atoms with E-state index in [1.807, 2.05) is 13.0 Å². The van der Waals surface area contributed by atoms with Crippen LogP contribution in [0.1, 0.15) is 62.5 Å². The molecule has 7 heteroatoms.